The number of rotatable bonds is 3. The molecule has 0 saturated carbocycles. The fourth-order valence-electron chi connectivity index (χ4n) is 1.02. The molecular formula is C8H13N3OS. The summed E-state index contributed by atoms with van der Waals surface area (Å²) in [4.78, 5) is 12.2. The quantitative estimate of drug-likeness (QED) is 0.614. The predicted octanol–water partition coefficient (Wildman–Crippen LogP) is 0.307. The third-order valence-electron chi connectivity index (χ3n) is 1.71. The van der Waals surface area contributed by atoms with Crippen LogP contribution in [0.3, 0.4) is 0 Å². The number of nitrogens with one attached hydrogen (secondary N) is 2. The summed E-state index contributed by atoms with van der Waals surface area (Å²) in [7, 11) is 1.63. The Morgan fingerprint density at radius 2 is 2.38 bits per heavy atom. The van der Waals surface area contributed by atoms with Gasteiger partial charge in [-0.1, -0.05) is 0 Å². The second-order valence-corrected chi connectivity index (χ2v) is 3.63. The van der Waals surface area contributed by atoms with Crippen LogP contribution < -0.4 is 16.6 Å². The van der Waals surface area contributed by atoms with Gasteiger partial charge in [0.1, 0.15) is 6.04 Å². The minimum absolute atomic E-state index is 0.215. The summed E-state index contributed by atoms with van der Waals surface area (Å²) in [5, 5.41) is 1.93. The van der Waals surface area contributed by atoms with Crippen LogP contribution >= 0.6 is 11.3 Å². The molecule has 0 aliphatic carbocycles. The SMILES string of the molecule is CNNC(=O)C(N)c1sccc1C. The van der Waals surface area contributed by atoms with Gasteiger partial charge in [-0.2, -0.15) is 0 Å². The normalized spacial score (nSPS) is 12.5. The number of hydrogen-bond acceptors (Lipinski definition) is 4. The van der Waals surface area contributed by atoms with Gasteiger partial charge in [0.25, 0.3) is 5.91 Å². The molecular weight excluding hydrogens is 186 g/mol. The average molecular weight is 199 g/mol. The fourth-order valence-corrected chi connectivity index (χ4v) is 1.95. The maximum absolute atomic E-state index is 11.3. The second-order valence-electron chi connectivity index (χ2n) is 2.68. The molecule has 1 rings (SSSR count). The Hall–Kier alpha value is -0.910. The van der Waals surface area contributed by atoms with Gasteiger partial charge in [-0.25, -0.2) is 5.43 Å². The standard InChI is InChI=1S/C8H13N3OS/c1-5-3-4-13-7(5)6(9)8(12)11-10-2/h3-4,6,10H,9H2,1-2H3,(H,11,12). The summed E-state index contributed by atoms with van der Waals surface area (Å²) in [6.07, 6.45) is 0. The van der Waals surface area contributed by atoms with Gasteiger partial charge in [0, 0.05) is 11.9 Å². The van der Waals surface area contributed by atoms with E-state index in [0.717, 1.165) is 10.4 Å². The predicted molar refractivity (Wildman–Crippen MR) is 53.2 cm³/mol. The van der Waals surface area contributed by atoms with Gasteiger partial charge in [0.2, 0.25) is 0 Å². The van der Waals surface area contributed by atoms with E-state index in [4.69, 9.17) is 5.73 Å². The molecule has 5 heteroatoms. The minimum Gasteiger partial charge on any atom is -0.315 e. The molecule has 1 atom stereocenters. The molecule has 13 heavy (non-hydrogen) atoms. The van der Waals surface area contributed by atoms with Crippen LogP contribution in [-0.2, 0) is 4.79 Å². The lowest BCUT2D eigenvalue weighted by Gasteiger charge is -2.10. The summed E-state index contributed by atoms with van der Waals surface area (Å²) < 4.78 is 0. The summed E-state index contributed by atoms with van der Waals surface area (Å²) in [5.41, 5.74) is 11.8. The van der Waals surface area contributed by atoms with Crippen LogP contribution in [0.5, 0.6) is 0 Å². The van der Waals surface area contributed by atoms with Crippen molar-refractivity contribution < 1.29 is 4.79 Å². The summed E-state index contributed by atoms with van der Waals surface area (Å²) >= 11 is 1.50. The molecule has 0 aliphatic rings. The minimum atomic E-state index is -0.576. The van der Waals surface area contributed by atoms with E-state index in [9.17, 15) is 4.79 Å². The third kappa shape index (κ3) is 2.27. The van der Waals surface area contributed by atoms with Crippen molar-refractivity contribution in [2.45, 2.75) is 13.0 Å². The molecule has 1 aromatic heterocycles. The van der Waals surface area contributed by atoms with Crippen molar-refractivity contribution in [3.63, 3.8) is 0 Å². The first-order valence-corrected chi connectivity index (χ1v) is 4.81. The van der Waals surface area contributed by atoms with Gasteiger partial charge < -0.3 is 5.73 Å². The Morgan fingerprint density at radius 3 is 2.85 bits per heavy atom. The summed E-state index contributed by atoms with van der Waals surface area (Å²) in [6, 6.07) is 1.37. The van der Waals surface area contributed by atoms with Gasteiger partial charge in [0.05, 0.1) is 0 Å². The van der Waals surface area contributed by atoms with Crippen LogP contribution in [-0.4, -0.2) is 13.0 Å². The lowest BCUT2D eigenvalue weighted by atomic mass is 10.2. The molecule has 0 aromatic carbocycles. The molecule has 0 fully saturated rings. The molecule has 4 nitrogen and oxygen atoms in total. The Morgan fingerprint density at radius 1 is 1.69 bits per heavy atom. The van der Waals surface area contributed by atoms with Crippen LogP contribution in [0.15, 0.2) is 11.4 Å². The molecule has 0 radical (unpaired) electrons. The highest BCUT2D eigenvalue weighted by atomic mass is 32.1. The summed E-state index contributed by atoms with van der Waals surface area (Å²) in [6.45, 7) is 1.94. The van der Waals surface area contributed by atoms with E-state index in [1.807, 2.05) is 18.4 Å². The van der Waals surface area contributed by atoms with Crippen LogP contribution in [0.25, 0.3) is 0 Å². The number of hydrazine groups is 1. The van der Waals surface area contributed by atoms with Gasteiger partial charge >= 0.3 is 0 Å². The highest BCUT2D eigenvalue weighted by Crippen LogP contribution is 2.21. The number of nitrogens with two attached hydrogens (primary N) is 1. The zero-order valence-corrected chi connectivity index (χ0v) is 8.44. The molecule has 0 aliphatic heterocycles. The molecule has 4 N–H and O–H groups in total. The van der Waals surface area contributed by atoms with Crippen molar-refractivity contribution in [1.29, 1.82) is 0 Å². The van der Waals surface area contributed by atoms with Crippen molar-refractivity contribution in [1.82, 2.24) is 10.9 Å². The zero-order valence-electron chi connectivity index (χ0n) is 7.63. The Labute approximate surface area is 81.1 Å². The van der Waals surface area contributed by atoms with Gasteiger partial charge in [-0.05, 0) is 23.9 Å². The van der Waals surface area contributed by atoms with E-state index in [0.29, 0.717) is 0 Å². The van der Waals surface area contributed by atoms with Gasteiger partial charge in [0.15, 0.2) is 0 Å². The first-order valence-electron chi connectivity index (χ1n) is 3.93. The molecule has 0 bridgehead atoms. The lowest BCUT2D eigenvalue weighted by Crippen LogP contribution is -2.40. The van der Waals surface area contributed by atoms with Crippen LogP contribution in [0.4, 0.5) is 0 Å². The van der Waals surface area contributed by atoms with Crippen molar-refractivity contribution in [2.75, 3.05) is 7.05 Å². The van der Waals surface area contributed by atoms with Crippen LogP contribution in [0.2, 0.25) is 0 Å². The Bertz CT molecular complexity index is 297. The number of carbonyl (C=O) groups excluding carboxylic acids is 1. The van der Waals surface area contributed by atoms with Gasteiger partial charge in [-0.3, -0.25) is 10.2 Å². The molecule has 0 saturated heterocycles. The number of thiophene rings is 1. The smallest absolute Gasteiger partial charge is 0.256 e. The number of aryl methyl sites for hydroxylation is 1. The monoisotopic (exact) mass is 199 g/mol. The van der Waals surface area contributed by atoms with E-state index in [-0.39, 0.29) is 5.91 Å². The van der Waals surface area contributed by atoms with E-state index >= 15 is 0 Å². The Balaban J connectivity index is 2.73. The van der Waals surface area contributed by atoms with Crippen molar-refractivity contribution >= 4 is 17.2 Å². The first-order chi connectivity index (χ1) is 6.16. The molecule has 0 spiro atoms. The first kappa shape index (κ1) is 10.2. The van der Waals surface area contributed by atoms with E-state index in [2.05, 4.69) is 10.9 Å². The van der Waals surface area contributed by atoms with E-state index in [1.54, 1.807) is 7.05 Å². The van der Waals surface area contributed by atoms with Crippen molar-refractivity contribution in [3.8, 4) is 0 Å². The third-order valence-corrected chi connectivity index (χ3v) is 2.82. The van der Waals surface area contributed by atoms with E-state index in [1.165, 1.54) is 11.3 Å². The van der Waals surface area contributed by atoms with Gasteiger partial charge in [-0.15, -0.1) is 11.3 Å². The molecule has 1 amide bonds. The average Bonchev–Trinajstić information content (AvgIpc) is 2.50. The second kappa shape index (κ2) is 4.36. The van der Waals surface area contributed by atoms with Crippen LogP contribution in [0, 0.1) is 6.92 Å². The summed E-state index contributed by atoms with van der Waals surface area (Å²) in [5.74, 6) is -0.215. The highest BCUT2D eigenvalue weighted by molar-refractivity contribution is 7.10. The molecule has 1 aromatic rings. The molecule has 1 heterocycles. The van der Waals surface area contributed by atoms with E-state index < -0.39 is 6.04 Å². The maximum Gasteiger partial charge on any atom is 0.256 e. The molecule has 1 unspecified atom stereocenters. The maximum atomic E-state index is 11.3. The van der Waals surface area contributed by atoms with Crippen LogP contribution in [0.1, 0.15) is 16.5 Å². The Kier molecular flexibility index (Phi) is 3.41. The highest BCUT2D eigenvalue weighted by Gasteiger charge is 2.17. The topological polar surface area (TPSA) is 67.1 Å². The largest absolute Gasteiger partial charge is 0.315 e. The zero-order chi connectivity index (χ0) is 9.84. The van der Waals surface area contributed by atoms with Crippen molar-refractivity contribution in [2.24, 2.45) is 5.73 Å². The lowest BCUT2D eigenvalue weighted by molar-refractivity contribution is -0.123. The molecule has 72 valence electrons. The number of carbonyl (C=O) groups is 1. The number of amides is 1. The fraction of sp³-hybridized carbons (Fsp3) is 0.375. The van der Waals surface area contributed by atoms with Crippen molar-refractivity contribution in [3.05, 3.63) is 21.9 Å². The number of hydrogen-bond donors (Lipinski definition) is 3.